The van der Waals surface area contributed by atoms with E-state index in [1.165, 1.54) is 0 Å². The standard InChI is InChI=1S/C16H26N2O/c1-11-8-7-9-12(13(11)17)14(19)18-16(5,6)10-15(2,3)4/h7-9H,10,17H2,1-6H3,(H,18,19). The fourth-order valence-corrected chi connectivity index (χ4v) is 2.62. The Morgan fingerprint density at radius 2 is 1.79 bits per heavy atom. The monoisotopic (exact) mass is 262 g/mol. The average Bonchev–Trinajstić information content (AvgIpc) is 2.17. The maximum Gasteiger partial charge on any atom is 0.253 e. The summed E-state index contributed by atoms with van der Waals surface area (Å²) in [7, 11) is 0. The highest BCUT2D eigenvalue weighted by atomic mass is 16.1. The summed E-state index contributed by atoms with van der Waals surface area (Å²) in [6, 6.07) is 5.54. The van der Waals surface area contributed by atoms with Gasteiger partial charge in [-0.3, -0.25) is 4.79 Å². The third-order valence-corrected chi connectivity index (χ3v) is 2.99. The van der Waals surface area contributed by atoms with Gasteiger partial charge in [0.25, 0.3) is 5.91 Å². The average molecular weight is 262 g/mol. The van der Waals surface area contributed by atoms with Gasteiger partial charge < -0.3 is 11.1 Å². The molecular formula is C16H26N2O. The molecule has 0 atom stereocenters. The van der Waals surface area contributed by atoms with Gasteiger partial charge in [-0.1, -0.05) is 32.9 Å². The Labute approximate surface area is 116 Å². The first-order valence-corrected chi connectivity index (χ1v) is 6.69. The van der Waals surface area contributed by atoms with Gasteiger partial charge in [-0.05, 0) is 44.2 Å². The number of benzene rings is 1. The molecule has 3 heteroatoms. The zero-order chi connectivity index (χ0) is 14.8. The normalized spacial score (nSPS) is 12.3. The Balaban J connectivity index is 2.88. The summed E-state index contributed by atoms with van der Waals surface area (Å²) in [5.41, 5.74) is 7.92. The third-order valence-electron chi connectivity index (χ3n) is 2.99. The van der Waals surface area contributed by atoms with Crippen molar-refractivity contribution in [2.24, 2.45) is 5.41 Å². The minimum atomic E-state index is -0.258. The Morgan fingerprint density at radius 3 is 2.32 bits per heavy atom. The largest absolute Gasteiger partial charge is 0.398 e. The molecule has 0 aliphatic heterocycles. The van der Waals surface area contributed by atoms with Crippen LogP contribution in [0, 0.1) is 12.3 Å². The van der Waals surface area contributed by atoms with E-state index in [2.05, 4.69) is 26.1 Å². The summed E-state index contributed by atoms with van der Waals surface area (Å²) in [4.78, 5) is 12.3. The summed E-state index contributed by atoms with van der Waals surface area (Å²) >= 11 is 0. The van der Waals surface area contributed by atoms with Crippen LogP contribution < -0.4 is 11.1 Å². The molecular weight excluding hydrogens is 236 g/mol. The van der Waals surface area contributed by atoms with Gasteiger partial charge in [-0.25, -0.2) is 0 Å². The number of rotatable bonds is 3. The molecule has 0 fully saturated rings. The molecule has 0 bridgehead atoms. The SMILES string of the molecule is Cc1cccc(C(=O)NC(C)(C)CC(C)(C)C)c1N. The maximum atomic E-state index is 12.3. The van der Waals surface area contributed by atoms with Crippen LogP contribution in [0.1, 0.15) is 57.0 Å². The van der Waals surface area contributed by atoms with Crippen LogP contribution >= 0.6 is 0 Å². The van der Waals surface area contributed by atoms with Crippen LogP contribution in [-0.2, 0) is 0 Å². The molecule has 106 valence electrons. The van der Waals surface area contributed by atoms with Crippen LogP contribution in [0.4, 0.5) is 5.69 Å². The first kappa shape index (κ1) is 15.5. The molecule has 0 unspecified atom stereocenters. The smallest absolute Gasteiger partial charge is 0.253 e. The summed E-state index contributed by atoms with van der Waals surface area (Å²) in [5, 5.41) is 3.08. The molecule has 0 spiro atoms. The molecule has 0 saturated heterocycles. The van der Waals surface area contributed by atoms with E-state index in [0.717, 1.165) is 12.0 Å². The fraction of sp³-hybridized carbons (Fsp3) is 0.562. The molecule has 3 nitrogen and oxygen atoms in total. The number of aryl methyl sites for hydroxylation is 1. The zero-order valence-corrected chi connectivity index (χ0v) is 12.9. The number of hydrogen-bond donors (Lipinski definition) is 2. The van der Waals surface area contributed by atoms with Crippen molar-refractivity contribution in [3.8, 4) is 0 Å². The molecule has 1 rings (SSSR count). The second-order valence-corrected chi connectivity index (χ2v) is 7.11. The molecule has 1 amide bonds. The number of amides is 1. The number of hydrogen-bond acceptors (Lipinski definition) is 2. The lowest BCUT2D eigenvalue weighted by atomic mass is 9.81. The van der Waals surface area contributed by atoms with Crippen LogP contribution in [0.3, 0.4) is 0 Å². The van der Waals surface area contributed by atoms with E-state index >= 15 is 0 Å². The number of anilines is 1. The van der Waals surface area contributed by atoms with Gasteiger partial charge in [0.05, 0.1) is 5.56 Å². The van der Waals surface area contributed by atoms with Crippen molar-refractivity contribution in [3.63, 3.8) is 0 Å². The molecule has 1 aromatic rings. The van der Waals surface area contributed by atoms with E-state index in [-0.39, 0.29) is 16.9 Å². The third kappa shape index (κ3) is 4.58. The summed E-state index contributed by atoms with van der Waals surface area (Å²) in [6.07, 6.45) is 0.900. The zero-order valence-electron chi connectivity index (χ0n) is 12.9. The van der Waals surface area contributed by atoms with Gasteiger partial charge in [-0.15, -0.1) is 0 Å². The predicted molar refractivity (Wildman–Crippen MR) is 81.2 cm³/mol. The predicted octanol–water partition coefficient (Wildman–Crippen LogP) is 3.52. The van der Waals surface area contributed by atoms with E-state index in [1.807, 2.05) is 32.9 Å². The number of nitrogens with two attached hydrogens (primary N) is 1. The highest BCUT2D eigenvalue weighted by Crippen LogP contribution is 2.27. The fourth-order valence-electron chi connectivity index (χ4n) is 2.62. The second-order valence-electron chi connectivity index (χ2n) is 7.11. The number of carbonyl (C=O) groups excluding carboxylic acids is 1. The minimum Gasteiger partial charge on any atom is -0.398 e. The van der Waals surface area contributed by atoms with E-state index in [1.54, 1.807) is 6.07 Å². The van der Waals surface area contributed by atoms with Crippen molar-refractivity contribution in [2.45, 2.75) is 53.5 Å². The van der Waals surface area contributed by atoms with Gasteiger partial charge in [0.15, 0.2) is 0 Å². The Morgan fingerprint density at radius 1 is 1.21 bits per heavy atom. The maximum absolute atomic E-state index is 12.3. The summed E-state index contributed by atoms with van der Waals surface area (Å²) in [5.74, 6) is -0.101. The van der Waals surface area contributed by atoms with Gasteiger partial charge in [-0.2, -0.15) is 0 Å². The first-order valence-electron chi connectivity index (χ1n) is 6.69. The van der Waals surface area contributed by atoms with Crippen LogP contribution in [0.5, 0.6) is 0 Å². The second kappa shape index (κ2) is 5.24. The number of nitrogen functional groups attached to an aromatic ring is 1. The van der Waals surface area contributed by atoms with E-state index in [4.69, 9.17) is 5.73 Å². The van der Waals surface area contributed by atoms with Crippen LogP contribution in [0.15, 0.2) is 18.2 Å². The van der Waals surface area contributed by atoms with E-state index in [0.29, 0.717) is 11.3 Å². The van der Waals surface area contributed by atoms with Gasteiger partial charge >= 0.3 is 0 Å². The molecule has 1 aromatic carbocycles. The van der Waals surface area contributed by atoms with Crippen molar-refractivity contribution in [1.82, 2.24) is 5.32 Å². The Bertz CT molecular complexity index is 470. The van der Waals surface area contributed by atoms with Gasteiger partial charge in [0.1, 0.15) is 0 Å². The van der Waals surface area contributed by atoms with Crippen LogP contribution in [-0.4, -0.2) is 11.4 Å². The number of para-hydroxylation sites is 1. The topological polar surface area (TPSA) is 55.1 Å². The van der Waals surface area contributed by atoms with Crippen molar-refractivity contribution < 1.29 is 4.79 Å². The molecule has 0 aliphatic rings. The Hall–Kier alpha value is -1.51. The lowest BCUT2D eigenvalue weighted by molar-refractivity contribution is 0.0892. The number of carbonyl (C=O) groups is 1. The van der Waals surface area contributed by atoms with Crippen molar-refractivity contribution >= 4 is 11.6 Å². The first-order chi connectivity index (χ1) is 8.52. The van der Waals surface area contributed by atoms with Crippen molar-refractivity contribution in [2.75, 3.05) is 5.73 Å². The summed E-state index contributed by atoms with van der Waals surface area (Å²) < 4.78 is 0. The molecule has 0 heterocycles. The minimum absolute atomic E-state index is 0.101. The lowest BCUT2D eigenvalue weighted by Gasteiger charge is -2.33. The van der Waals surface area contributed by atoms with Crippen molar-refractivity contribution in [3.05, 3.63) is 29.3 Å². The highest BCUT2D eigenvalue weighted by Gasteiger charge is 2.27. The molecule has 3 N–H and O–H groups in total. The quantitative estimate of drug-likeness (QED) is 0.819. The van der Waals surface area contributed by atoms with Gasteiger partial charge in [0, 0.05) is 11.2 Å². The highest BCUT2D eigenvalue weighted by molar-refractivity contribution is 6.00. The molecule has 19 heavy (non-hydrogen) atoms. The van der Waals surface area contributed by atoms with Crippen LogP contribution in [0.2, 0.25) is 0 Å². The summed E-state index contributed by atoms with van der Waals surface area (Å²) in [6.45, 7) is 12.5. The van der Waals surface area contributed by atoms with E-state index < -0.39 is 0 Å². The molecule has 0 aromatic heterocycles. The van der Waals surface area contributed by atoms with Gasteiger partial charge in [0.2, 0.25) is 0 Å². The van der Waals surface area contributed by atoms with Crippen molar-refractivity contribution in [1.29, 1.82) is 0 Å². The molecule has 0 aliphatic carbocycles. The van der Waals surface area contributed by atoms with Crippen LogP contribution in [0.25, 0.3) is 0 Å². The lowest BCUT2D eigenvalue weighted by Crippen LogP contribution is -2.46. The molecule has 0 radical (unpaired) electrons. The molecule has 0 saturated carbocycles. The van der Waals surface area contributed by atoms with E-state index in [9.17, 15) is 4.79 Å². The Kier molecular flexibility index (Phi) is 4.28. The number of nitrogens with one attached hydrogen (secondary N) is 1.